The van der Waals surface area contributed by atoms with Gasteiger partial charge in [0.2, 0.25) is 0 Å². The minimum atomic E-state index is 0.627. The van der Waals surface area contributed by atoms with Gasteiger partial charge in [-0.3, -0.25) is 0 Å². The molecular formula is C53H33N5. The number of fused-ring (bicyclic) bond motifs is 9. The van der Waals surface area contributed by atoms with Crippen molar-refractivity contribution in [2.24, 2.45) is 0 Å². The molecule has 3 heterocycles. The molecule has 0 amide bonds. The van der Waals surface area contributed by atoms with Gasteiger partial charge >= 0.3 is 0 Å². The third-order valence-corrected chi connectivity index (χ3v) is 11.5. The van der Waals surface area contributed by atoms with Crippen LogP contribution in [0.15, 0.2) is 200 Å². The van der Waals surface area contributed by atoms with Gasteiger partial charge in [-0.25, -0.2) is 15.0 Å². The molecular weight excluding hydrogens is 707 g/mol. The van der Waals surface area contributed by atoms with Crippen molar-refractivity contribution in [3.05, 3.63) is 200 Å². The van der Waals surface area contributed by atoms with Crippen LogP contribution in [-0.4, -0.2) is 24.1 Å². The zero-order valence-electron chi connectivity index (χ0n) is 31.3. The maximum Gasteiger partial charge on any atom is 0.164 e. The van der Waals surface area contributed by atoms with E-state index in [1.54, 1.807) is 0 Å². The van der Waals surface area contributed by atoms with Crippen LogP contribution in [0.2, 0.25) is 0 Å². The number of hydrogen-bond acceptors (Lipinski definition) is 3. The molecule has 0 aliphatic rings. The van der Waals surface area contributed by atoms with E-state index in [2.05, 4.69) is 209 Å². The molecule has 0 saturated carbocycles. The fraction of sp³-hybridized carbons (Fsp3) is 0. The van der Waals surface area contributed by atoms with Gasteiger partial charge in [0.15, 0.2) is 17.5 Å². The average molecular weight is 740 g/mol. The van der Waals surface area contributed by atoms with Crippen LogP contribution in [0, 0.1) is 0 Å². The predicted molar refractivity (Wildman–Crippen MR) is 240 cm³/mol. The van der Waals surface area contributed by atoms with Crippen molar-refractivity contribution in [3.63, 3.8) is 0 Å². The topological polar surface area (TPSA) is 48.5 Å². The van der Waals surface area contributed by atoms with Crippen molar-refractivity contribution in [2.45, 2.75) is 0 Å². The van der Waals surface area contributed by atoms with Gasteiger partial charge in [-0.1, -0.05) is 140 Å². The van der Waals surface area contributed by atoms with Crippen molar-refractivity contribution in [3.8, 4) is 45.5 Å². The molecule has 12 rings (SSSR count). The van der Waals surface area contributed by atoms with Crippen molar-refractivity contribution in [1.29, 1.82) is 0 Å². The Morgan fingerprint density at radius 1 is 0.276 bits per heavy atom. The quantitative estimate of drug-likeness (QED) is 0.177. The molecule has 0 unspecified atom stereocenters. The molecule has 0 atom stereocenters. The summed E-state index contributed by atoms with van der Waals surface area (Å²) in [6, 6.07) is 71.0. The average Bonchev–Trinajstić information content (AvgIpc) is 3.82. The van der Waals surface area contributed by atoms with E-state index in [0.717, 1.165) is 44.4 Å². The highest BCUT2D eigenvalue weighted by Crippen LogP contribution is 2.42. The van der Waals surface area contributed by atoms with Gasteiger partial charge in [0.25, 0.3) is 0 Å². The van der Waals surface area contributed by atoms with E-state index in [-0.39, 0.29) is 0 Å². The van der Waals surface area contributed by atoms with Gasteiger partial charge in [0.1, 0.15) is 0 Å². The van der Waals surface area contributed by atoms with Crippen LogP contribution >= 0.6 is 0 Å². The molecule has 0 spiro atoms. The Labute approximate surface area is 333 Å². The number of nitrogens with zero attached hydrogens (tertiary/aromatic N) is 5. The molecule has 58 heavy (non-hydrogen) atoms. The van der Waals surface area contributed by atoms with Gasteiger partial charge < -0.3 is 9.13 Å². The largest absolute Gasteiger partial charge is 0.307 e. The molecule has 0 saturated heterocycles. The lowest BCUT2D eigenvalue weighted by molar-refractivity contribution is 1.07. The lowest BCUT2D eigenvalue weighted by Gasteiger charge is -2.13. The predicted octanol–water partition coefficient (Wildman–Crippen LogP) is 13.4. The monoisotopic (exact) mass is 739 g/mol. The maximum absolute atomic E-state index is 5.14. The molecule has 0 bridgehead atoms. The standard InChI is InChI=1S/C53H33N5/c1-2-16-41(17-3-1)57-47-20-10-8-18-43(47)45-30-31-46-44-19-9-11-21-48(44)58(50(46)49(45)57)42-28-26-36(27-29-42)51-54-52(39-24-22-34-12-4-6-14-37(34)32-39)56-53(55-51)40-25-23-35-13-5-7-15-38(35)33-40/h1-33H. The minimum absolute atomic E-state index is 0.627. The maximum atomic E-state index is 5.14. The third-order valence-electron chi connectivity index (χ3n) is 11.5. The second kappa shape index (κ2) is 12.8. The lowest BCUT2D eigenvalue weighted by atomic mass is 10.1. The van der Waals surface area contributed by atoms with E-state index in [4.69, 9.17) is 15.0 Å². The highest BCUT2D eigenvalue weighted by molar-refractivity contribution is 6.23. The SMILES string of the molecule is c1ccc(-n2c3ccccc3c3ccc4c5ccccc5n(-c5ccc(-c6nc(-c7ccc8ccccc8c7)nc(-c7ccc8ccccc8c7)n6)cc5)c4c32)cc1. The van der Waals surface area contributed by atoms with Crippen LogP contribution < -0.4 is 0 Å². The summed E-state index contributed by atoms with van der Waals surface area (Å²) in [5, 5.41) is 9.52. The highest BCUT2D eigenvalue weighted by Gasteiger charge is 2.21. The van der Waals surface area contributed by atoms with Gasteiger partial charge in [-0.2, -0.15) is 0 Å². The second-order valence-electron chi connectivity index (χ2n) is 14.9. The van der Waals surface area contributed by atoms with E-state index < -0.39 is 0 Å². The Morgan fingerprint density at radius 3 is 1.19 bits per heavy atom. The van der Waals surface area contributed by atoms with Gasteiger partial charge in [0.05, 0.1) is 22.1 Å². The summed E-state index contributed by atoms with van der Waals surface area (Å²) in [5.74, 6) is 1.91. The summed E-state index contributed by atoms with van der Waals surface area (Å²) < 4.78 is 4.84. The first kappa shape index (κ1) is 32.4. The fourth-order valence-corrected chi connectivity index (χ4v) is 8.79. The van der Waals surface area contributed by atoms with Crippen molar-refractivity contribution in [2.75, 3.05) is 0 Å². The summed E-state index contributed by atoms with van der Waals surface area (Å²) in [5.41, 5.74) is 9.69. The Bertz CT molecular complexity index is 3460. The molecule has 0 aliphatic heterocycles. The number of benzene rings is 9. The van der Waals surface area contributed by atoms with Gasteiger partial charge in [0, 0.05) is 49.6 Å². The van der Waals surface area contributed by atoms with E-state index >= 15 is 0 Å². The smallest absolute Gasteiger partial charge is 0.164 e. The molecule has 0 N–H and O–H groups in total. The lowest BCUT2D eigenvalue weighted by Crippen LogP contribution is -2.01. The zero-order chi connectivity index (χ0) is 38.2. The van der Waals surface area contributed by atoms with Crippen molar-refractivity contribution >= 4 is 65.2 Å². The fourth-order valence-electron chi connectivity index (χ4n) is 8.79. The molecule has 5 nitrogen and oxygen atoms in total. The van der Waals surface area contributed by atoms with E-state index in [1.807, 2.05) is 0 Å². The van der Waals surface area contributed by atoms with Crippen LogP contribution in [0.25, 0.3) is 111 Å². The summed E-state index contributed by atoms with van der Waals surface area (Å²) in [7, 11) is 0. The molecule has 3 aromatic heterocycles. The highest BCUT2D eigenvalue weighted by atomic mass is 15.1. The molecule has 0 aliphatic carbocycles. The Hall–Kier alpha value is -7.89. The number of rotatable bonds is 5. The number of hydrogen-bond donors (Lipinski definition) is 0. The summed E-state index contributed by atoms with van der Waals surface area (Å²) >= 11 is 0. The van der Waals surface area contributed by atoms with Crippen LogP contribution in [0.4, 0.5) is 0 Å². The van der Waals surface area contributed by atoms with Crippen molar-refractivity contribution in [1.82, 2.24) is 24.1 Å². The molecule has 270 valence electrons. The molecule has 5 heteroatoms. The van der Waals surface area contributed by atoms with Crippen LogP contribution in [0.1, 0.15) is 0 Å². The number of para-hydroxylation sites is 3. The zero-order valence-corrected chi connectivity index (χ0v) is 31.3. The van der Waals surface area contributed by atoms with Crippen LogP contribution in [-0.2, 0) is 0 Å². The Morgan fingerprint density at radius 2 is 0.672 bits per heavy atom. The third kappa shape index (κ3) is 5.07. The first-order valence-corrected chi connectivity index (χ1v) is 19.6. The first-order valence-electron chi connectivity index (χ1n) is 19.6. The normalized spacial score (nSPS) is 11.8. The van der Waals surface area contributed by atoms with Crippen LogP contribution in [0.3, 0.4) is 0 Å². The second-order valence-corrected chi connectivity index (χ2v) is 14.9. The minimum Gasteiger partial charge on any atom is -0.307 e. The van der Waals surface area contributed by atoms with E-state index in [1.165, 1.54) is 48.9 Å². The summed E-state index contributed by atoms with van der Waals surface area (Å²) in [6.45, 7) is 0. The molecule has 0 radical (unpaired) electrons. The van der Waals surface area contributed by atoms with Gasteiger partial charge in [-0.05, 0) is 82.2 Å². The first-order chi connectivity index (χ1) is 28.7. The molecule has 0 fully saturated rings. The number of aromatic nitrogens is 5. The van der Waals surface area contributed by atoms with E-state index in [9.17, 15) is 0 Å². The Kier molecular flexibility index (Phi) is 7.16. The van der Waals surface area contributed by atoms with Crippen molar-refractivity contribution < 1.29 is 0 Å². The molecule has 9 aromatic carbocycles. The van der Waals surface area contributed by atoms with Crippen LogP contribution in [0.5, 0.6) is 0 Å². The summed E-state index contributed by atoms with van der Waals surface area (Å²) in [6.07, 6.45) is 0. The van der Waals surface area contributed by atoms with E-state index in [0.29, 0.717) is 17.5 Å². The summed E-state index contributed by atoms with van der Waals surface area (Å²) in [4.78, 5) is 15.4. The van der Waals surface area contributed by atoms with Gasteiger partial charge in [-0.15, -0.1) is 0 Å². The Balaban J connectivity index is 1.06. The molecule has 12 aromatic rings.